The molecule has 6 heteroatoms. The molecule has 0 aliphatic carbocycles. The highest BCUT2D eigenvalue weighted by atomic mass is 19.3. The molecule has 2 rings (SSSR count). The predicted molar refractivity (Wildman–Crippen MR) is 94.9 cm³/mol. The molecule has 0 bridgehead atoms. The first kappa shape index (κ1) is 20.4. The number of amides is 1. The van der Waals surface area contributed by atoms with Crippen molar-refractivity contribution in [1.82, 2.24) is 10.2 Å². The molecule has 25 heavy (non-hydrogen) atoms. The molecule has 146 valence electrons. The molecule has 0 aromatic carbocycles. The molecule has 0 unspecified atom stereocenters. The van der Waals surface area contributed by atoms with Crippen molar-refractivity contribution in [2.45, 2.75) is 77.7 Å². The summed E-state index contributed by atoms with van der Waals surface area (Å²) in [6, 6.07) is 0. The Morgan fingerprint density at radius 1 is 1.24 bits per heavy atom. The lowest BCUT2D eigenvalue weighted by Gasteiger charge is -2.41. The molecule has 0 aromatic heterocycles. The Morgan fingerprint density at radius 2 is 1.84 bits per heavy atom. The zero-order valence-electron chi connectivity index (χ0n) is 16.0. The average molecular weight is 360 g/mol. The van der Waals surface area contributed by atoms with Crippen LogP contribution in [-0.2, 0) is 4.74 Å². The fraction of sp³-hybridized carbons (Fsp3) is 0.947. The number of hydrogen-bond donors (Lipinski definition) is 1. The monoisotopic (exact) mass is 360 g/mol. The van der Waals surface area contributed by atoms with Crippen LogP contribution in [0.25, 0.3) is 0 Å². The van der Waals surface area contributed by atoms with Gasteiger partial charge in [-0.15, -0.1) is 0 Å². The molecule has 0 aromatic rings. The minimum atomic E-state index is -2.32. The third-order valence-electron chi connectivity index (χ3n) is 5.62. The van der Waals surface area contributed by atoms with Crippen LogP contribution in [0.3, 0.4) is 0 Å². The topological polar surface area (TPSA) is 41.6 Å². The molecule has 0 radical (unpaired) electrons. The van der Waals surface area contributed by atoms with Gasteiger partial charge in [-0.25, -0.2) is 13.6 Å². The Morgan fingerprint density at radius 3 is 2.36 bits per heavy atom. The third-order valence-corrected chi connectivity index (χ3v) is 5.62. The highest BCUT2D eigenvalue weighted by molar-refractivity contribution is 5.68. The summed E-state index contributed by atoms with van der Waals surface area (Å²) in [5.41, 5.74) is -1.48. The first-order valence-electron chi connectivity index (χ1n) is 9.69. The largest absolute Gasteiger partial charge is 0.444 e. The molecule has 0 atom stereocenters. The van der Waals surface area contributed by atoms with Gasteiger partial charge in [-0.2, -0.15) is 0 Å². The molecular weight excluding hydrogens is 326 g/mol. The molecule has 2 aliphatic rings. The minimum Gasteiger partial charge on any atom is -0.444 e. The molecule has 2 saturated heterocycles. The molecule has 1 N–H and O–H groups in total. The van der Waals surface area contributed by atoms with Crippen molar-refractivity contribution in [3.63, 3.8) is 0 Å². The van der Waals surface area contributed by atoms with E-state index in [0.29, 0.717) is 38.3 Å². The van der Waals surface area contributed by atoms with Crippen LogP contribution < -0.4 is 5.32 Å². The van der Waals surface area contributed by atoms with Crippen LogP contribution in [0.2, 0.25) is 0 Å². The number of halogens is 2. The van der Waals surface area contributed by atoms with Gasteiger partial charge in [0.25, 0.3) is 0 Å². The fourth-order valence-electron chi connectivity index (χ4n) is 3.95. The van der Waals surface area contributed by atoms with E-state index in [1.54, 1.807) is 4.90 Å². The number of hydrogen-bond acceptors (Lipinski definition) is 3. The first-order valence-corrected chi connectivity index (χ1v) is 9.69. The van der Waals surface area contributed by atoms with Crippen molar-refractivity contribution in [3.8, 4) is 0 Å². The van der Waals surface area contributed by atoms with Crippen molar-refractivity contribution in [2.75, 3.05) is 26.2 Å². The Kier molecular flexibility index (Phi) is 7.06. The molecule has 4 nitrogen and oxygen atoms in total. The summed E-state index contributed by atoms with van der Waals surface area (Å²) in [6.45, 7) is 8.29. The van der Waals surface area contributed by atoms with E-state index in [1.807, 2.05) is 20.8 Å². The van der Waals surface area contributed by atoms with Gasteiger partial charge in [0, 0.05) is 18.5 Å². The second kappa shape index (κ2) is 8.65. The van der Waals surface area contributed by atoms with Gasteiger partial charge in [0.05, 0.1) is 0 Å². The second-order valence-corrected chi connectivity index (χ2v) is 8.72. The van der Waals surface area contributed by atoms with Crippen LogP contribution in [0.1, 0.15) is 65.7 Å². The van der Waals surface area contributed by atoms with E-state index in [0.717, 1.165) is 38.8 Å². The Labute approximate surface area is 150 Å². The van der Waals surface area contributed by atoms with Gasteiger partial charge in [-0.3, -0.25) is 0 Å². The number of nitrogens with zero attached hydrogens (tertiary/aromatic N) is 1. The molecule has 0 saturated carbocycles. The van der Waals surface area contributed by atoms with Gasteiger partial charge in [-0.1, -0.05) is 12.8 Å². The Bertz CT molecular complexity index is 424. The number of piperidine rings is 2. The maximum Gasteiger partial charge on any atom is 0.410 e. The summed E-state index contributed by atoms with van der Waals surface area (Å²) in [5, 5.41) is 3.34. The van der Waals surface area contributed by atoms with Gasteiger partial charge in [0.15, 0.2) is 0 Å². The number of carbonyl (C=O) groups is 1. The molecular formula is C19H34F2N2O2. The molecule has 1 amide bonds. The van der Waals surface area contributed by atoms with E-state index < -0.39 is 17.4 Å². The predicted octanol–water partition coefficient (Wildman–Crippen LogP) is 4.44. The Balaban J connectivity index is 1.82. The number of nitrogens with one attached hydrogen (secondary N) is 1. The van der Waals surface area contributed by atoms with Crippen LogP contribution in [0.5, 0.6) is 0 Å². The van der Waals surface area contributed by atoms with Crippen LogP contribution >= 0.6 is 0 Å². The second-order valence-electron chi connectivity index (χ2n) is 8.72. The number of rotatable bonds is 5. The van der Waals surface area contributed by atoms with Crippen LogP contribution in [-0.4, -0.2) is 49.2 Å². The lowest BCUT2D eigenvalue weighted by molar-refractivity contribution is -0.0587. The summed E-state index contributed by atoms with van der Waals surface area (Å²) < 4.78 is 33.0. The molecule has 0 spiro atoms. The third kappa shape index (κ3) is 6.08. The van der Waals surface area contributed by atoms with Gasteiger partial charge >= 0.3 is 6.09 Å². The van der Waals surface area contributed by atoms with E-state index >= 15 is 0 Å². The summed E-state index contributed by atoms with van der Waals surface area (Å²) in [5.74, 6) is 0.679. The van der Waals surface area contributed by atoms with Gasteiger partial charge < -0.3 is 15.0 Å². The van der Waals surface area contributed by atoms with Crippen LogP contribution in [0, 0.1) is 11.3 Å². The summed E-state index contributed by atoms with van der Waals surface area (Å²) in [4.78, 5) is 13.7. The minimum absolute atomic E-state index is 0.368. The number of likely N-dealkylation sites (tertiary alicyclic amines) is 1. The van der Waals surface area contributed by atoms with Crippen molar-refractivity contribution in [2.24, 2.45) is 11.3 Å². The SMILES string of the molecule is CC(C)(C)OC(=O)N1CCC(CCCC2CCNCC2)(C(F)F)CC1. The van der Waals surface area contributed by atoms with Crippen molar-refractivity contribution >= 4 is 6.09 Å². The van der Waals surface area contributed by atoms with Crippen LogP contribution in [0.4, 0.5) is 13.6 Å². The van der Waals surface area contributed by atoms with Gasteiger partial charge in [-0.05, 0) is 71.9 Å². The summed E-state index contributed by atoms with van der Waals surface area (Å²) in [7, 11) is 0. The smallest absolute Gasteiger partial charge is 0.410 e. The van der Waals surface area contributed by atoms with E-state index in [-0.39, 0.29) is 6.09 Å². The number of ether oxygens (including phenoxy) is 1. The van der Waals surface area contributed by atoms with E-state index in [2.05, 4.69) is 5.32 Å². The highest BCUT2D eigenvalue weighted by Gasteiger charge is 2.43. The van der Waals surface area contributed by atoms with Gasteiger partial charge in [0.1, 0.15) is 5.60 Å². The van der Waals surface area contributed by atoms with Crippen molar-refractivity contribution in [3.05, 3.63) is 0 Å². The van der Waals surface area contributed by atoms with Crippen molar-refractivity contribution < 1.29 is 18.3 Å². The van der Waals surface area contributed by atoms with Crippen LogP contribution in [0.15, 0.2) is 0 Å². The Hall–Kier alpha value is -0.910. The molecule has 2 fully saturated rings. The number of carbonyl (C=O) groups excluding carboxylic acids is 1. The molecule has 2 heterocycles. The summed E-state index contributed by atoms with van der Waals surface area (Å²) >= 11 is 0. The zero-order valence-corrected chi connectivity index (χ0v) is 16.0. The lowest BCUT2D eigenvalue weighted by Crippen LogP contribution is -2.47. The van der Waals surface area contributed by atoms with Gasteiger partial charge in [0.2, 0.25) is 6.43 Å². The lowest BCUT2D eigenvalue weighted by atomic mass is 9.74. The quantitative estimate of drug-likeness (QED) is 0.788. The fourth-order valence-corrected chi connectivity index (χ4v) is 3.95. The average Bonchev–Trinajstić information content (AvgIpc) is 2.54. The normalized spacial score (nSPS) is 22.2. The standard InChI is InChI=1S/C19H34F2N2O2/c1-18(2,3)25-17(24)23-13-9-19(10-14-23,16(20)21)8-4-5-15-6-11-22-12-7-15/h15-16,22H,4-14H2,1-3H3. The van der Waals surface area contributed by atoms with E-state index in [9.17, 15) is 13.6 Å². The van der Waals surface area contributed by atoms with E-state index in [4.69, 9.17) is 4.74 Å². The maximum atomic E-state index is 13.8. The first-order chi connectivity index (χ1) is 11.7. The number of alkyl halides is 2. The summed E-state index contributed by atoms with van der Waals surface area (Å²) in [6.07, 6.45) is 2.84. The molecule has 2 aliphatic heterocycles. The maximum absolute atomic E-state index is 13.8. The van der Waals surface area contributed by atoms with Crippen molar-refractivity contribution in [1.29, 1.82) is 0 Å². The highest BCUT2D eigenvalue weighted by Crippen LogP contribution is 2.43. The zero-order chi connectivity index (χ0) is 18.5. The van der Waals surface area contributed by atoms with E-state index in [1.165, 1.54) is 0 Å².